The lowest BCUT2D eigenvalue weighted by Gasteiger charge is -2.35. The maximum absolute atomic E-state index is 14.4. The number of hydrogen-bond acceptors (Lipinski definition) is 6. The molecule has 2 aliphatic rings. The zero-order valence-corrected chi connectivity index (χ0v) is 28.8. The molecule has 2 saturated heterocycles. The molecule has 6 heteroatoms. The lowest BCUT2D eigenvalue weighted by molar-refractivity contribution is 0.0342. The number of benzene rings is 2. The van der Waals surface area contributed by atoms with Crippen LogP contribution < -0.4 is 15.5 Å². The van der Waals surface area contributed by atoms with Crippen LogP contribution in [0.2, 0.25) is 0 Å². The quantitative estimate of drug-likeness (QED) is 0.120. The Kier molecular flexibility index (Phi) is 15.4. The van der Waals surface area contributed by atoms with Crippen molar-refractivity contribution < 1.29 is 9.53 Å². The Morgan fingerprint density at radius 1 is 0.844 bits per heavy atom. The summed E-state index contributed by atoms with van der Waals surface area (Å²) in [5, 5.41) is 7.30. The minimum atomic E-state index is -0.629. The van der Waals surface area contributed by atoms with Crippen molar-refractivity contribution in [3.63, 3.8) is 0 Å². The molecule has 45 heavy (non-hydrogen) atoms. The first-order valence-corrected chi connectivity index (χ1v) is 18.3. The Morgan fingerprint density at radius 2 is 1.47 bits per heavy atom. The number of hydrogen-bond donors (Lipinski definition) is 2. The van der Waals surface area contributed by atoms with E-state index in [9.17, 15) is 4.79 Å². The summed E-state index contributed by atoms with van der Waals surface area (Å²) in [6, 6.07) is 17.4. The molecule has 0 bridgehead atoms. The van der Waals surface area contributed by atoms with Gasteiger partial charge in [-0.3, -0.25) is 9.69 Å². The number of nitrogens with zero attached hydrogens (tertiary/aromatic N) is 2. The van der Waals surface area contributed by atoms with Gasteiger partial charge < -0.3 is 20.3 Å². The molecular formula is C39H62N4O2. The summed E-state index contributed by atoms with van der Waals surface area (Å²) in [6.07, 6.45) is 13.5. The first kappa shape index (κ1) is 35.6. The van der Waals surface area contributed by atoms with Crippen molar-refractivity contribution in [2.45, 2.75) is 103 Å². The van der Waals surface area contributed by atoms with Gasteiger partial charge in [0.05, 0.1) is 18.8 Å². The van der Waals surface area contributed by atoms with Crippen molar-refractivity contribution in [3.05, 3.63) is 65.2 Å². The number of ether oxygens (including phenoxy) is 1. The lowest BCUT2D eigenvalue weighted by atomic mass is 9.80. The van der Waals surface area contributed by atoms with E-state index in [1.54, 1.807) is 0 Å². The summed E-state index contributed by atoms with van der Waals surface area (Å²) in [6.45, 7) is 16.3. The van der Waals surface area contributed by atoms with Gasteiger partial charge in [-0.05, 0) is 67.1 Å². The van der Waals surface area contributed by atoms with Gasteiger partial charge in [-0.2, -0.15) is 0 Å². The molecule has 2 aromatic carbocycles. The molecule has 2 aromatic rings. The third-order valence-corrected chi connectivity index (χ3v) is 10.0. The van der Waals surface area contributed by atoms with Crippen molar-refractivity contribution >= 4 is 11.5 Å². The largest absolute Gasteiger partial charge is 0.379 e. The molecule has 2 aliphatic heterocycles. The Labute approximate surface area is 274 Å². The third kappa shape index (κ3) is 11.5. The highest BCUT2D eigenvalue weighted by Crippen LogP contribution is 2.26. The highest BCUT2D eigenvalue weighted by Gasteiger charge is 2.37. The molecular weight excluding hydrogens is 556 g/mol. The van der Waals surface area contributed by atoms with E-state index in [1.165, 1.54) is 74.6 Å². The van der Waals surface area contributed by atoms with Crippen molar-refractivity contribution in [1.82, 2.24) is 15.5 Å². The SMILES string of the molecule is CCCCCCCCCCC(C)CNC(CC)(Cc1ccc(CN2CCOCC2)cc1)C(=O)c1ccc(N2CCNCC2)cc1. The zero-order valence-electron chi connectivity index (χ0n) is 28.8. The van der Waals surface area contributed by atoms with Gasteiger partial charge in [0.15, 0.2) is 5.78 Å². The zero-order chi connectivity index (χ0) is 31.7. The fraction of sp³-hybridized carbons (Fsp3) is 0.667. The van der Waals surface area contributed by atoms with Crippen molar-refractivity contribution in [2.24, 2.45) is 5.92 Å². The van der Waals surface area contributed by atoms with Crippen LogP contribution in [0.5, 0.6) is 0 Å². The van der Waals surface area contributed by atoms with E-state index in [2.05, 4.69) is 89.7 Å². The molecule has 250 valence electrons. The highest BCUT2D eigenvalue weighted by molar-refractivity contribution is 6.03. The van der Waals surface area contributed by atoms with Crippen LogP contribution in [0, 0.1) is 5.92 Å². The number of carbonyl (C=O) groups excluding carboxylic acids is 1. The Hall–Kier alpha value is -2.25. The molecule has 2 unspecified atom stereocenters. The predicted octanol–water partition coefficient (Wildman–Crippen LogP) is 7.26. The second-order valence-corrected chi connectivity index (χ2v) is 13.7. The first-order valence-electron chi connectivity index (χ1n) is 18.3. The lowest BCUT2D eigenvalue weighted by Crippen LogP contribution is -2.54. The number of nitrogens with one attached hydrogen (secondary N) is 2. The van der Waals surface area contributed by atoms with E-state index in [0.717, 1.165) is 77.6 Å². The van der Waals surface area contributed by atoms with Gasteiger partial charge in [0.25, 0.3) is 0 Å². The number of ketones is 1. The van der Waals surface area contributed by atoms with Gasteiger partial charge in [-0.15, -0.1) is 0 Å². The van der Waals surface area contributed by atoms with E-state index in [0.29, 0.717) is 12.3 Å². The minimum Gasteiger partial charge on any atom is -0.379 e. The minimum absolute atomic E-state index is 0.216. The molecule has 6 nitrogen and oxygen atoms in total. The number of morpholine rings is 1. The first-order chi connectivity index (χ1) is 22.0. The summed E-state index contributed by atoms with van der Waals surface area (Å²) in [7, 11) is 0. The monoisotopic (exact) mass is 618 g/mol. The summed E-state index contributed by atoms with van der Waals surface area (Å²) in [4.78, 5) is 19.3. The van der Waals surface area contributed by atoms with Crippen LogP contribution in [0.3, 0.4) is 0 Å². The third-order valence-electron chi connectivity index (χ3n) is 10.0. The van der Waals surface area contributed by atoms with Gasteiger partial charge >= 0.3 is 0 Å². The maximum Gasteiger partial charge on any atom is 0.183 e. The van der Waals surface area contributed by atoms with E-state index in [4.69, 9.17) is 4.74 Å². The van der Waals surface area contributed by atoms with Gasteiger partial charge in [-0.25, -0.2) is 0 Å². The average Bonchev–Trinajstić information content (AvgIpc) is 3.09. The number of anilines is 1. The smallest absolute Gasteiger partial charge is 0.183 e. The fourth-order valence-electron chi connectivity index (χ4n) is 6.88. The molecule has 0 spiro atoms. The second-order valence-electron chi connectivity index (χ2n) is 13.7. The van der Waals surface area contributed by atoms with Crippen LogP contribution >= 0.6 is 0 Å². The van der Waals surface area contributed by atoms with E-state index in [-0.39, 0.29) is 5.78 Å². The predicted molar refractivity (Wildman–Crippen MR) is 190 cm³/mol. The van der Waals surface area contributed by atoms with Crippen LogP contribution in [0.15, 0.2) is 48.5 Å². The molecule has 2 heterocycles. The van der Waals surface area contributed by atoms with Crippen LogP contribution in [-0.4, -0.2) is 75.2 Å². The number of piperazine rings is 1. The summed E-state index contributed by atoms with van der Waals surface area (Å²) in [5.41, 5.74) is 3.93. The van der Waals surface area contributed by atoms with Gasteiger partial charge in [0.1, 0.15) is 0 Å². The molecule has 4 rings (SSSR count). The van der Waals surface area contributed by atoms with Gasteiger partial charge in [0.2, 0.25) is 0 Å². The van der Waals surface area contributed by atoms with Crippen LogP contribution in [0.4, 0.5) is 5.69 Å². The summed E-state index contributed by atoms with van der Waals surface area (Å²) < 4.78 is 5.52. The standard InChI is InChI=1S/C39H62N4O2/c1-4-6-7-8-9-10-11-12-13-33(3)31-41-39(5-2,30-34-14-16-35(17-15-34)32-42-26-28-45-29-27-42)38(44)36-18-20-37(21-19-36)43-24-22-40-23-25-43/h14-21,33,40-41H,4-13,22-32H2,1-3H3. The van der Waals surface area contributed by atoms with Crippen LogP contribution in [-0.2, 0) is 17.7 Å². The van der Waals surface area contributed by atoms with E-state index < -0.39 is 5.54 Å². The number of carbonyl (C=O) groups is 1. The Morgan fingerprint density at radius 3 is 2.11 bits per heavy atom. The summed E-state index contributed by atoms with van der Waals surface area (Å²) in [5.74, 6) is 0.753. The molecule has 0 saturated carbocycles. The highest BCUT2D eigenvalue weighted by atomic mass is 16.5. The van der Waals surface area contributed by atoms with E-state index in [1.807, 2.05) is 0 Å². The summed E-state index contributed by atoms with van der Waals surface area (Å²) >= 11 is 0. The van der Waals surface area contributed by atoms with Crippen molar-refractivity contribution in [2.75, 3.05) is 63.9 Å². The van der Waals surface area contributed by atoms with E-state index >= 15 is 0 Å². The van der Waals surface area contributed by atoms with Gasteiger partial charge in [0, 0.05) is 57.1 Å². The molecule has 0 aromatic heterocycles. The topological polar surface area (TPSA) is 56.8 Å². The normalized spacial score (nSPS) is 18.1. The Balaban J connectivity index is 1.40. The molecule has 0 aliphatic carbocycles. The van der Waals surface area contributed by atoms with Crippen molar-refractivity contribution in [1.29, 1.82) is 0 Å². The second kappa shape index (κ2) is 19.4. The number of unbranched alkanes of at least 4 members (excludes halogenated alkanes) is 7. The molecule has 2 fully saturated rings. The fourth-order valence-corrected chi connectivity index (χ4v) is 6.88. The molecule has 2 atom stereocenters. The molecule has 2 N–H and O–H groups in total. The number of Topliss-reactive ketones (excluding diaryl/α,β-unsaturated/α-hetero) is 1. The number of rotatable bonds is 20. The maximum atomic E-state index is 14.4. The van der Waals surface area contributed by atoms with Crippen molar-refractivity contribution in [3.8, 4) is 0 Å². The van der Waals surface area contributed by atoms with Crippen LogP contribution in [0.25, 0.3) is 0 Å². The van der Waals surface area contributed by atoms with Crippen LogP contribution in [0.1, 0.15) is 106 Å². The molecule has 0 amide bonds. The molecule has 0 radical (unpaired) electrons. The average molecular weight is 619 g/mol. The van der Waals surface area contributed by atoms with Gasteiger partial charge in [-0.1, -0.05) is 96.4 Å². The Bertz CT molecular complexity index is 1090.